The van der Waals surface area contributed by atoms with Gasteiger partial charge in [-0.3, -0.25) is 4.79 Å². The van der Waals surface area contributed by atoms with Crippen LogP contribution in [0, 0.1) is 11.8 Å². The van der Waals surface area contributed by atoms with E-state index in [1.807, 2.05) is 18.7 Å². The van der Waals surface area contributed by atoms with Crippen LogP contribution in [0.4, 0.5) is 0 Å². The zero-order chi connectivity index (χ0) is 15.7. The van der Waals surface area contributed by atoms with Crippen molar-refractivity contribution in [1.29, 1.82) is 0 Å². The Kier molecular flexibility index (Phi) is 8.72. The average Bonchev–Trinajstić information content (AvgIpc) is 2.88. The third-order valence-corrected chi connectivity index (χ3v) is 5.99. The molecule has 0 aromatic rings. The molecule has 1 aliphatic rings. The highest BCUT2D eigenvalue weighted by molar-refractivity contribution is 7.99. The number of hydrogen-bond acceptors (Lipinski definition) is 4. The molecular formula is C17H33NO2S. The number of likely N-dealkylation sites (N-methyl/N-ethyl adjacent to an activating group) is 1. The first-order valence-electron chi connectivity index (χ1n) is 8.60. The predicted octanol–water partition coefficient (Wildman–Crippen LogP) is 3.87. The van der Waals surface area contributed by atoms with Crippen molar-refractivity contribution in [3.05, 3.63) is 0 Å². The molecule has 4 heteroatoms. The summed E-state index contributed by atoms with van der Waals surface area (Å²) in [6.07, 6.45) is 5.58. The predicted molar refractivity (Wildman–Crippen MR) is 91.8 cm³/mol. The summed E-state index contributed by atoms with van der Waals surface area (Å²) >= 11 is 2.04. The van der Waals surface area contributed by atoms with Gasteiger partial charge in [-0.15, -0.1) is 0 Å². The van der Waals surface area contributed by atoms with E-state index in [0.717, 1.165) is 43.9 Å². The number of rotatable bonds is 10. The maximum Gasteiger partial charge on any atom is 0.326 e. The van der Waals surface area contributed by atoms with E-state index in [-0.39, 0.29) is 5.97 Å². The summed E-state index contributed by atoms with van der Waals surface area (Å²) in [4.78, 5) is 12.5. The van der Waals surface area contributed by atoms with Gasteiger partial charge >= 0.3 is 5.97 Å². The second-order valence-electron chi connectivity index (χ2n) is 6.19. The second-order valence-corrected chi connectivity index (χ2v) is 7.34. The van der Waals surface area contributed by atoms with Gasteiger partial charge < -0.3 is 10.1 Å². The minimum atomic E-state index is -0.415. The number of nitrogens with one attached hydrogen (secondary N) is 1. The highest BCUT2D eigenvalue weighted by Gasteiger charge is 2.49. The van der Waals surface area contributed by atoms with Crippen molar-refractivity contribution >= 4 is 17.7 Å². The molecule has 0 radical (unpaired) electrons. The van der Waals surface area contributed by atoms with E-state index in [0.29, 0.717) is 12.5 Å². The Bertz CT molecular complexity index is 311. The monoisotopic (exact) mass is 315 g/mol. The van der Waals surface area contributed by atoms with E-state index in [9.17, 15) is 4.79 Å². The number of carbonyl (C=O) groups is 1. The Morgan fingerprint density at radius 1 is 1.43 bits per heavy atom. The van der Waals surface area contributed by atoms with Gasteiger partial charge in [0, 0.05) is 0 Å². The fourth-order valence-corrected chi connectivity index (χ4v) is 4.50. The molecule has 3 unspecified atom stereocenters. The molecule has 1 fully saturated rings. The second kappa shape index (κ2) is 9.73. The van der Waals surface area contributed by atoms with Crippen molar-refractivity contribution in [2.75, 3.05) is 24.7 Å². The lowest BCUT2D eigenvalue weighted by molar-refractivity contribution is -0.153. The first-order chi connectivity index (χ1) is 10.1. The zero-order valence-corrected chi connectivity index (χ0v) is 15.1. The summed E-state index contributed by atoms with van der Waals surface area (Å²) in [7, 11) is 0. The molecule has 1 rings (SSSR count). The van der Waals surface area contributed by atoms with E-state index in [2.05, 4.69) is 26.1 Å². The lowest BCUT2D eigenvalue weighted by Crippen LogP contribution is -2.55. The van der Waals surface area contributed by atoms with Gasteiger partial charge in [-0.2, -0.15) is 11.8 Å². The summed E-state index contributed by atoms with van der Waals surface area (Å²) in [6, 6.07) is 0. The maximum absolute atomic E-state index is 12.5. The smallest absolute Gasteiger partial charge is 0.326 e. The van der Waals surface area contributed by atoms with Gasteiger partial charge in [0.1, 0.15) is 5.54 Å². The van der Waals surface area contributed by atoms with E-state index >= 15 is 0 Å². The van der Waals surface area contributed by atoms with E-state index in [4.69, 9.17) is 4.74 Å². The summed E-state index contributed by atoms with van der Waals surface area (Å²) in [6.45, 7) is 9.83. The topological polar surface area (TPSA) is 38.3 Å². The Labute approximate surface area is 135 Å². The molecule has 1 aliphatic carbocycles. The maximum atomic E-state index is 12.5. The molecule has 0 saturated heterocycles. The van der Waals surface area contributed by atoms with E-state index in [1.165, 1.54) is 12.2 Å². The van der Waals surface area contributed by atoms with Gasteiger partial charge in [-0.25, -0.2) is 0 Å². The summed E-state index contributed by atoms with van der Waals surface area (Å²) in [5.74, 6) is 3.59. The van der Waals surface area contributed by atoms with Crippen molar-refractivity contribution in [2.24, 2.45) is 11.8 Å². The molecule has 124 valence electrons. The standard InChI is InChI=1S/C17H33NO2S/c1-5-14(4)13-21-12-10-15-9-8-11-17(15,18-6-2)16(19)20-7-3/h14-15,18H,5-13H2,1-4H3. The fraction of sp³-hybridized carbons (Fsp3) is 0.941. The van der Waals surface area contributed by atoms with Crippen molar-refractivity contribution in [3.8, 4) is 0 Å². The summed E-state index contributed by atoms with van der Waals surface area (Å²) < 4.78 is 5.37. The van der Waals surface area contributed by atoms with E-state index in [1.54, 1.807) is 0 Å². The molecule has 0 amide bonds. The molecule has 0 heterocycles. The molecule has 0 aromatic carbocycles. The number of esters is 1. The molecule has 0 spiro atoms. The van der Waals surface area contributed by atoms with Crippen LogP contribution in [-0.4, -0.2) is 36.2 Å². The molecule has 3 atom stereocenters. The molecular weight excluding hydrogens is 282 g/mol. The van der Waals surface area contributed by atoms with Crippen molar-refractivity contribution in [1.82, 2.24) is 5.32 Å². The lowest BCUT2D eigenvalue weighted by atomic mass is 9.85. The van der Waals surface area contributed by atoms with Crippen molar-refractivity contribution in [3.63, 3.8) is 0 Å². The number of carbonyl (C=O) groups excluding carboxylic acids is 1. The van der Waals surface area contributed by atoms with Crippen LogP contribution < -0.4 is 5.32 Å². The highest BCUT2D eigenvalue weighted by atomic mass is 32.2. The van der Waals surface area contributed by atoms with Gasteiger partial charge in [-0.1, -0.05) is 33.6 Å². The molecule has 1 N–H and O–H groups in total. The number of hydrogen-bond donors (Lipinski definition) is 1. The van der Waals surface area contributed by atoms with Gasteiger partial charge in [0.05, 0.1) is 6.61 Å². The van der Waals surface area contributed by atoms with Gasteiger partial charge in [0.15, 0.2) is 0 Å². The van der Waals surface area contributed by atoms with Gasteiger partial charge in [0.2, 0.25) is 0 Å². The van der Waals surface area contributed by atoms with Gasteiger partial charge in [-0.05, 0) is 56.1 Å². The van der Waals surface area contributed by atoms with Crippen LogP contribution in [0.5, 0.6) is 0 Å². The minimum Gasteiger partial charge on any atom is -0.465 e. The molecule has 3 nitrogen and oxygen atoms in total. The third-order valence-electron chi connectivity index (χ3n) is 4.66. The Balaban J connectivity index is 2.55. The quantitative estimate of drug-likeness (QED) is 0.490. The van der Waals surface area contributed by atoms with Crippen LogP contribution in [0.25, 0.3) is 0 Å². The molecule has 0 aromatic heterocycles. The normalized spacial score (nSPS) is 26.8. The zero-order valence-electron chi connectivity index (χ0n) is 14.2. The van der Waals surface area contributed by atoms with Gasteiger partial charge in [0.25, 0.3) is 0 Å². The summed E-state index contributed by atoms with van der Waals surface area (Å²) in [5.41, 5.74) is -0.415. The molecule has 0 bridgehead atoms. The number of ether oxygens (including phenoxy) is 1. The SMILES string of the molecule is CCNC1(C(=O)OCC)CCCC1CCSCC(C)CC. The largest absolute Gasteiger partial charge is 0.465 e. The van der Waals surface area contributed by atoms with E-state index < -0.39 is 5.54 Å². The van der Waals surface area contributed by atoms with Crippen LogP contribution >= 0.6 is 11.8 Å². The summed E-state index contributed by atoms with van der Waals surface area (Å²) in [5, 5.41) is 3.47. The van der Waals surface area contributed by atoms with Crippen molar-refractivity contribution in [2.45, 2.75) is 65.3 Å². The average molecular weight is 316 g/mol. The fourth-order valence-electron chi connectivity index (χ4n) is 3.25. The highest BCUT2D eigenvalue weighted by Crippen LogP contribution is 2.39. The molecule has 21 heavy (non-hydrogen) atoms. The molecule has 1 saturated carbocycles. The van der Waals surface area contributed by atoms with Crippen LogP contribution in [0.1, 0.15) is 59.8 Å². The van der Waals surface area contributed by atoms with Crippen molar-refractivity contribution < 1.29 is 9.53 Å². The first kappa shape index (κ1) is 18.8. The van der Waals surface area contributed by atoms with Crippen LogP contribution in [-0.2, 0) is 9.53 Å². The Morgan fingerprint density at radius 3 is 2.81 bits per heavy atom. The Hall–Kier alpha value is -0.220. The number of thioether (sulfide) groups is 1. The van der Waals surface area contributed by atoms with Crippen LogP contribution in [0.2, 0.25) is 0 Å². The lowest BCUT2D eigenvalue weighted by Gasteiger charge is -2.34. The molecule has 0 aliphatic heterocycles. The minimum absolute atomic E-state index is 0.0266. The van der Waals surface area contributed by atoms with Crippen LogP contribution in [0.15, 0.2) is 0 Å². The first-order valence-corrected chi connectivity index (χ1v) is 9.76. The van der Waals surface area contributed by atoms with Crippen LogP contribution in [0.3, 0.4) is 0 Å². The third kappa shape index (κ3) is 5.17. The Morgan fingerprint density at radius 2 is 2.19 bits per heavy atom.